The van der Waals surface area contributed by atoms with Crippen molar-refractivity contribution in [1.29, 1.82) is 0 Å². The molecule has 3 aliphatic carbocycles. The summed E-state index contributed by atoms with van der Waals surface area (Å²) in [4.78, 5) is 43.7. The van der Waals surface area contributed by atoms with Gasteiger partial charge in [0, 0.05) is 29.2 Å². The number of nitro benzene ring substituents is 4. The van der Waals surface area contributed by atoms with E-state index < -0.39 is 42.4 Å². The van der Waals surface area contributed by atoms with Gasteiger partial charge in [-0.15, -0.1) is 0 Å². The van der Waals surface area contributed by atoms with Crippen molar-refractivity contribution < 1.29 is 36.8 Å². The number of fused-ring (bicyclic) bond motifs is 3. The van der Waals surface area contributed by atoms with E-state index in [1.807, 2.05) is 69.9 Å². The minimum Gasteiger partial charge on any atom is -0.258 e. The van der Waals surface area contributed by atoms with E-state index in [0.29, 0.717) is 5.56 Å². The summed E-state index contributed by atoms with van der Waals surface area (Å²) in [5.41, 5.74) is -1.45. The third-order valence-electron chi connectivity index (χ3n) is 6.81. The quantitative estimate of drug-likeness (QED) is 0.114. The van der Waals surface area contributed by atoms with Crippen molar-refractivity contribution in [2.24, 2.45) is 0 Å². The fourth-order valence-electron chi connectivity index (χ4n) is 4.86. The van der Waals surface area contributed by atoms with Crippen LogP contribution in [0.3, 0.4) is 0 Å². The first-order chi connectivity index (χ1) is 21.1. The molecule has 3 aromatic rings. The molecule has 6 rings (SSSR count). The standard InChI is InChI=1S/C27H15N4O8.C5H5.Fe/c32-28(33)19-12-22-21(11-18-9-7-17(8-10-18)6-5-16-3-1-2-4-16)23-13-20(29(34)35)15-25(31(38)39)27(23)26(22)24(14-19)30(36)37;1-2-4-5-3-1;/h1-15H;1-5H;/q;;+2/b6-5+;;. The number of rotatable bonds is 7. The zero-order chi connectivity index (χ0) is 31.4. The van der Waals surface area contributed by atoms with E-state index in [9.17, 15) is 40.5 Å². The van der Waals surface area contributed by atoms with Gasteiger partial charge in [-0.3, -0.25) is 40.5 Å². The van der Waals surface area contributed by atoms with Gasteiger partial charge in [-0.1, -0.05) is 36.4 Å². The molecule has 10 radical (unpaired) electrons. The normalized spacial score (nSPS) is 15.1. The summed E-state index contributed by atoms with van der Waals surface area (Å²) in [6.07, 6.45) is 23.1. The molecule has 13 heteroatoms. The van der Waals surface area contributed by atoms with Crippen molar-refractivity contribution >= 4 is 40.5 Å². The summed E-state index contributed by atoms with van der Waals surface area (Å²) in [5, 5.41) is 47.0. The molecule has 0 N–H and O–H groups in total. The molecule has 3 aromatic carbocycles. The van der Waals surface area contributed by atoms with Gasteiger partial charge in [0.2, 0.25) is 0 Å². The van der Waals surface area contributed by atoms with Crippen molar-refractivity contribution in [2.45, 2.75) is 0 Å². The minimum atomic E-state index is -0.864. The van der Waals surface area contributed by atoms with Crippen molar-refractivity contribution in [2.75, 3.05) is 0 Å². The SMILES string of the molecule is O=[N+]([O-])c1cc2c(c([N+](=O)[O-])c1)-c1c(cc([N+](=O)[O-])cc1[N+](=O)[O-])C2=Cc1ccc(/C=C/[C]2[CH][CH][CH][CH]2)cc1.[CH]1[CH][CH][CH][CH]1.[Fe+2]. The molecular formula is C32H20FeN4O8+2. The average molecular weight is 644 g/mol. The number of nitro groups is 4. The first-order valence-electron chi connectivity index (χ1n) is 13.0. The van der Waals surface area contributed by atoms with E-state index >= 15 is 0 Å². The molecule has 2 saturated carbocycles. The van der Waals surface area contributed by atoms with Crippen molar-refractivity contribution in [3.05, 3.63) is 181 Å². The third kappa shape index (κ3) is 7.32. The molecule has 12 nitrogen and oxygen atoms in total. The number of hydrogen-bond donors (Lipinski definition) is 0. The predicted octanol–water partition coefficient (Wildman–Crippen LogP) is 7.33. The Labute approximate surface area is 268 Å². The van der Waals surface area contributed by atoms with Crippen LogP contribution in [0.2, 0.25) is 0 Å². The van der Waals surface area contributed by atoms with Gasteiger partial charge in [-0.2, -0.15) is 0 Å². The van der Waals surface area contributed by atoms with Crippen LogP contribution in [0.1, 0.15) is 22.3 Å². The number of hydrogen-bond acceptors (Lipinski definition) is 8. The molecule has 3 aliphatic rings. The maximum absolute atomic E-state index is 11.9. The molecule has 0 saturated heterocycles. The van der Waals surface area contributed by atoms with Crippen molar-refractivity contribution in [1.82, 2.24) is 0 Å². The fraction of sp³-hybridized carbons (Fsp3) is 0. The van der Waals surface area contributed by atoms with Gasteiger partial charge in [-0.05, 0) is 80.6 Å². The number of benzene rings is 3. The monoisotopic (exact) mass is 644 g/mol. The predicted molar refractivity (Wildman–Crippen MR) is 163 cm³/mol. The van der Waals surface area contributed by atoms with E-state index in [1.54, 1.807) is 24.3 Å². The van der Waals surface area contributed by atoms with Crippen LogP contribution >= 0.6 is 0 Å². The molecule has 0 aromatic heterocycles. The zero-order valence-electron chi connectivity index (χ0n) is 23.0. The summed E-state index contributed by atoms with van der Waals surface area (Å²) in [5.74, 6) is 1.02. The Balaban J connectivity index is 0.000000700. The van der Waals surface area contributed by atoms with E-state index in [4.69, 9.17) is 0 Å². The van der Waals surface area contributed by atoms with Gasteiger partial charge in [0.05, 0.1) is 43.0 Å². The van der Waals surface area contributed by atoms with Gasteiger partial charge < -0.3 is 0 Å². The Morgan fingerprint density at radius 2 is 0.933 bits per heavy atom. The second kappa shape index (κ2) is 14.4. The fourth-order valence-corrected chi connectivity index (χ4v) is 4.86. The summed E-state index contributed by atoms with van der Waals surface area (Å²) in [6, 6.07) is 10.7. The molecule has 45 heavy (non-hydrogen) atoms. The third-order valence-corrected chi connectivity index (χ3v) is 6.81. The molecule has 222 valence electrons. The first-order valence-corrected chi connectivity index (χ1v) is 13.0. The number of nitrogens with zero attached hydrogens (tertiary/aromatic N) is 4. The maximum atomic E-state index is 11.9. The van der Waals surface area contributed by atoms with E-state index in [2.05, 4.69) is 0 Å². The second-order valence-corrected chi connectivity index (χ2v) is 9.54. The number of allylic oxidation sites excluding steroid dienone is 1. The van der Waals surface area contributed by atoms with Crippen molar-refractivity contribution in [3.63, 3.8) is 0 Å². The van der Waals surface area contributed by atoms with Crippen LogP contribution in [0.5, 0.6) is 0 Å². The largest absolute Gasteiger partial charge is 2.00 e. The van der Waals surface area contributed by atoms with Crippen LogP contribution in [-0.2, 0) is 17.1 Å². The summed E-state index contributed by atoms with van der Waals surface area (Å²) in [7, 11) is 0. The van der Waals surface area contributed by atoms with Crippen LogP contribution in [-0.4, -0.2) is 19.7 Å². The Kier molecular flexibility index (Phi) is 10.6. The maximum Gasteiger partial charge on any atom is 2.00 e. The van der Waals surface area contributed by atoms with Gasteiger partial charge in [-0.25, -0.2) is 0 Å². The Bertz CT molecular complexity index is 1620. The summed E-state index contributed by atoms with van der Waals surface area (Å²) in [6.45, 7) is 0. The van der Waals surface area contributed by atoms with E-state index in [0.717, 1.165) is 35.7 Å². The molecular weight excluding hydrogens is 624 g/mol. The van der Waals surface area contributed by atoms with E-state index in [1.165, 1.54) is 6.08 Å². The van der Waals surface area contributed by atoms with Crippen LogP contribution in [0, 0.1) is 104 Å². The molecule has 0 atom stereocenters. The molecule has 0 heterocycles. The summed E-state index contributed by atoms with van der Waals surface area (Å²) < 4.78 is 0. The minimum absolute atomic E-state index is 0. The van der Waals surface area contributed by atoms with Gasteiger partial charge in [0.15, 0.2) is 0 Å². The van der Waals surface area contributed by atoms with Crippen LogP contribution in [0.4, 0.5) is 22.7 Å². The Hall–Kier alpha value is -4.74. The van der Waals surface area contributed by atoms with Gasteiger partial charge >= 0.3 is 17.1 Å². The second-order valence-electron chi connectivity index (χ2n) is 9.54. The average Bonchev–Trinajstić information content (AvgIpc) is 3.79. The molecule has 0 amide bonds. The number of non-ortho nitro benzene ring substituents is 2. The topological polar surface area (TPSA) is 173 Å². The van der Waals surface area contributed by atoms with Crippen LogP contribution in [0.25, 0.3) is 28.9 Å². The summed E-state index contributed by atoms with van der Waals surface area (Å²) >= 11 is 0. The van der Waals surface area contributed by atoms with Crippen LogP contribution < -0.4 is 0 Å². The molecule has 0 bridgehead atoms. The zero-order valence-corrected chi connectivity index (χ0v) is 24.1. The Morgan fingerprint density at radius 3 is 1.33 bits per heavy atom. The van der Waals surface area contributed by atoms with E-state index in [-0.39, 0.29) is 44.9 Å². The smallest absolute Gasteiger partial charge is 0.258 e. The first kappa shape index (κ1) is 33.2. The molecule has 0 aliphatic heterocycles. The Morgan fingerprint density at radius 1 is 0.511 bits per heavy atom. The molecule has 2 fully saturated rings. The molecule has 0 unspecified atom stereocenters. The van der Waals surface area contributed by atoms with Gasteiger partial charge in [0.25, 0.3) is 22.7 Å². The molecule has 0 spiro atoms. The van der Waals surface area contributed by atoms with Gasteiger partial charge in [0.1, 0.15) is 0 Å². The van der Waals surface area contributed by atoms with Crippen LogP contribution in [0.15, 0.2) is 54.6 Å². The van der Waals surface area contributed by atoms with Crippen molar-refractivity contribution in [3.8, 4) is 11.1 Å².